The lowest BCUT2D eigenvalue weighted by atomic mass is 9.99. The van der Waals surface area contributed by atoms with Crippen molar-refractivity contribution in [3.05, 3.63) is 0 Å². The van der Waals surface area contributed by atoms with Crippen LogP contribution in [0.1, 0.15) is 13.8 Å². The van der Waals surface area contributed by atoms with E-state index in [1.54, 1.807) is 0 Å². The minimum absolute atomic E-state index is 0.804. The SMILES string of the molecule is C[C@H]1OC(OC2O[C@H](C)[C@@H](O)[C@H](O)[C@@H]2O)[C@@H](O)[C@@H](O)[C@@H]1O. The maximum Gasteiger partial charge on any atom is 0.189 e. The summed E-state index contributed by atoms with van der Waals surface area (Å²) < 4.78 is 15.7. The number of hydrogen-bond acceptors (Lipinski definition) is 9. The zero-order valence-electron chi connectivity index (χ0n) is 11.7. The number of rotatable bonds is 2. The van der Waals surface area contributed by atoms with E-state index in [0.29, 0.717) is 0 Å². The third-order valence-electron chi connectivity index (χ3n) is 3.89. The van der Waals surface area contributed by atoms with E-state index in [0.717, 1.165) is 0 Å². The largest absolute Gasteiger partial charge is 0.388 e. The zero-order chi connectivity index (χ0) is 15.9. The summed E-state index contributed by atoms with van der Waals surface area (Å²) in [4.78, 5) is 0. The average Bonchev–Trinajstić information content (AvgIpc) is 2.45. The molecule has 2 saturated heterocycles. The van der Waals surface area contributed by atoms with Crippen LogP contribution in [-0.4, -0.2) is 92.1 Å². The predicted octanol–water partition coefficient (Wildman–Crippen LogP) is -3.34. The van der Waals surface area contributed by atoms with Gasteiger partial charge in [-0.2, -0.15) is 0 Å². The lowest BCUT2D eigenvalue weighted by Crippen LogP contribution is -2.62. The molecule has 0 bridgehead atoms. The van der Waals surface area contributed by atoms with Crippen molar-refractivity contribution in [2.24, 2.45) is 0 Å². The predicted molar refractivity (Wildman–Crippen MR) is 65.8 cm³/mol. The van der Waals surface area contributed by atoms with E-state index < -0.39 is 61.4 Å². The van der Waals surface area contributed by atoms with Crippen molar-refractivity contribution >= 4 is 0 Å². The second-order valence-corrected chi connectivity index (χ2v) is 5.50. The summed E-state index contributed by atoms with van der Waals surface area (Å²) in [5.74, 6) is 0. The molecular formula is C12H22O9. The van der Waals surface area contributed by atoms with Crippen molar-refractivity contribution in [2.45, 2.75) is 75.3 Å². The van der Waals surface area contributed by atoms with Gasteiger partial charge >= 0.3 is 0 Å². The number of ether oxygens (including phenoxy) is 3. The van der Waals surface area contributed by atoms with E-state index in [1.165, 1.54) is 13.8 Å². The molecule has 0 spiro atoms. The van der Waals surface area contributed by atoms with E-state index in [4.69, 9.17) is 14.2 Å². The van der Waals surface area contributed by atoms with Crippen molar-refractivity contribution < 1.29 is 44.8 Å². The Bertz CT molecular complexity index is 322. The Kier molecular flexibility index (Phi) is 5.19. The van der Waals surface area contributed by atoms with Gasteiger partial charge in [0.25, 0.3) is 0 Å². The third kappa shape index (κ3) is 3.21. The molecule has 2 fully saturated rings. The standard InChI is InChI=1S/C12H22O9/c1-3-5(13)7(15)9(17)11(19-3)21-12-10(18)8(16)6(14)4(2)20-12/h3-18H,1-2H3/t3-,4-,5-,6-,7+,8+,9+,10+,11?,12?/m1/s1. The summed E-state index contributed by atoms with van der Waals surface area (Å²) in [6.45, 7) is 2.96. The van der Waals surface area contributed by atoms with Crippen molar-refractivity contribution in [2.75, 3.05) is 0 Å². The molecular weight excluding hydrogens is 288 g/mol. The second-order valence-electron chi connectivity index (χ2n) is 5.50. The molecule has 0 aromatic carbocycles. The molecule has 6 N–H and O–H groups in total. The highest BCUT2D eigenvalue weighted by Crippen LogP contribution is 2.27. The normalized spacial score (nSPS) is 55.4. The Morgan fingerprint density at radius 3 is 1.24 bits per heavy atom. The molecule has 2 unspecified atom stereocenters. The third-order valence-corrected chi connectivity index (χ3v) is 3.89. The Morgan fingerprint density at radius 1 is 0.571 bits per heavy atom. The smallest absolute Gasteiger partial charge is 0.189 e. The summed E-state index contributed by atoms with van der Waals surface area (Å²) in [6.07, 6.45) is -12.9. The molecule has 0 amide bonds. The fourth-order valence-electron chi connectivity index (χ4n) is 2.38. The molecule has 2 aliphatic heterocycles. The van der Waals surface area contributed by atoms with Crippen molar-refractivity contribution in [3.8, 4) is 0 Å². The first-order valence-electron chi connectivity index (χ1n) is 6.78. The summed E-state index contributed by atoms with van der Waals surface area (Å²) in [5, 5.41) is 58.1. The van der Waals surface area contributed by atoms with Crippen molar-refractivity contribution in [1.82, 2.24) is 0 Å². The van der Waals surface area contributed by atoms with Crippen LogP contribution in [0.4, 0.5) is 0 Å². The monoisotopic (exact) mass is 310 g/mol. The van der Waals surface area contributed by atoms with Crippen LogP contribution >= 0.6 is 0 Å². The van der Waals surface area contributed by atoms with Gasteiger partial charge in [-0.1, -0.05) is 0 Å². The highest BCUT2D eigenvalue weighted by atomic mass is 16.8. The molecule has 9 nitrogen and oxygen atoms in total. The number of hydrogen-bond donors (Lipinski definition) is 6. The van der Waals surface area contributed by atoms with Crippen molar-refractivity contribution in [1.29, 1.82) is 0 Å². The van der Waals surface area contributed by atoms with E-state index in [-0.39, 0.29) is 0 Å². The lowest BCUT2D eigenvalue weighted by molar-refractivity contribution is -0.370. The molecule has 0 aliphatic carbocycles. The Labute approximate surface area is 121 Å². The quantitative estimate of drug-likeness (QED) is 0.308. The topological polar surface area (TPSA) is 149 Å². The van der Waals surface area contributed by atoms with Gasteiger partial charge in [-0.3, -0.25) is 0 Å². The molecule has 9 heteroatoms. The minimum Gasteiger partial charge on any atom is -0.388 e. The summed E-state index contributed by atoms with van der Waals surface area (Å²) in [5.41, 5.74) is 0. The first kappa shape index (κ1) is 17.0. The molecule has 0 radical (unpaired) electrons. The lowest BCUT2D eigenvalue weighted by Gasteiger charge is -2.44. The molecule has 2 rings (SSSR count). The van der Waals surface area contributed by atoms with Gasteiger partial charge in [-0.05, 0) is 13.8 Å². The van der Waals surface area contributed by atoms with Crippen LogP contribution in [0.15, 0.2) is 0 Å². The van der Waals surface area contributed by atoms with Crippen LogP contribution in [0.5, 0.6) is 0 Å². The second kappa shape index (κ2) is 6.41. The molecule has 21 heavy (non-hydrogen) atoms. The van der Waals surface area contributed by atoms with E-state index in [2.05, 4.69) is 0 Å². The van der Waals surface area contributed by atoms with Gasteiger partial charge in [0.1, 0.15) is 36.6 Å². The molecule has 124 valence electrons. The van der Waals surface area contributed by atoms with Gasteiger partial charge in [-0.15, -0.1) is 0 Å². The van der Waals surface area contributed by atoms with Crippen LogP contribution < -0.4 is 0 Å². The van der Waals surface area contributed by atoms with E-state index in [1.807, 2.05) is 0 Å². The molecule has 0 saturated carbocycles. The zero-order valence-corrected chi connectivity index (χ0v) is 11.7. The minimum atomic E-state index is -1.55. The number of aliphatic hydroxyl groups excluding tert-OH is 6. The van der Waals surface area contributed by atoms with Crippen LogP contribution in [0.25, 0.3) is 0 Å². The fourth-order valence-corrected chi connectivity index (χ4v) is 2.38. The molecule has 0 aromatic heterocycles. The number of aliphatic hydroxyl groups is 6. The van der Waals surface area contributed by atoms with Crippen LogP contribution in [-0.2, 0) is 14.2 Å². The maximum absolute atomic E-state index is 9.82. The molecule has 2 heterocycles. The van der Waals surface area contributed by atoms with E-state index in [9.17, 15) is 30.6 Å². The Balaban J connectivity index is 2.03. The first-order chi connectivity index (χ1) is 9.73. The van der Waals surface area contributed by atoms with Gasteiger partial charge in [0.2, 0.25) is 0 Å². The molecule has 0 aromatic rings. The van der Waals surface area contributed by atoms with Gasteiger partial charge in [0.15, 0.2) is 12.6 Å². The molecule has 2 aliphatic rings. The maximum atomic E-state index is 9.82. The van der Waals surface area contributed by atoms with Crippen LogP contribution in [0.3, 0.4) is 0 Å². The summed E-state index contributed by atoms with van der Waals surface area (Å²) >= 11 is 0. The van der Waals surface area contributed by atoms with Gasteiger partial charge in [-0.25, -0.2) is 0 Å². The highest BCUT2D eigenvalue weighted by molar-refractivity contribution is 4.90. The van der Waals surface area contributed by atoms with Gasteiger partial charge < -0.3 is 44.8 Å². The van der Waals surface area contributed by atoms with Crippen LogP contribution in [0.2, 0.25) is 0 Å². The van der Waals surface area contributed by atoms with E-state index >= 15 is 0 Å². The summed E-state index contributed by atoms with van der Waals surface area (Å²) in [7, 11) is 0. The Hall–Kier alpha value is -0.360. The molecule has 10 atom stereocenters. The van der Waals surface area contributed by atoms with Crippen molar-refractivity contribution in [3.63, 3.8) is 0 Å². The average molecular weight is 310 g/mol. The van der Waals surface area contributed by atoms with Gasteiger partial charge in [0, 0.05) is 0 Å². The highest BCUT2D eigenvalue weighted by Gasteiger charge is 2.48. The fraction of sp³-hybridized carbons (Fsp3) is 1.00. The first-order valence-corrected chi connectivity index (χ1v) is 6.78. The Morgan fingerprint density at radius 2 is 0.905 bits per heavy atom. The van der Waals surface area contributed by atoms with Gasteiger partial charge in [0.05, 0.1) is 12.2 Å². The summed E-state index contributed by atoms with van der Waals surface area (Å²) in [6, 6.07) is 0. The van der Waals surface area contributed by atoms with Crippen LogP contribution in [0, 0.1) is 0 Å².